The molecule has 0 aromatic heterocycles. The summed E-state index contributed by atoms with van der Waals surface area (Å²) in [5, 5.41) is 2.83. The van der Waals surface area contributed by atoms with Gasteiger partial charge in [0.15, 0.2) is 0 Å². The number of nitrogens with one attached hydrogen (secondary N) is 1. The molecule has 2 rings (SSSR count). The Kier molecular flexibility index (Phi) is 6.80. The molecule has 0 aliphatic carbocycles. The van der Waals surface area contributed by atoms with E-state index in [1.54, 1.807) is 12.1 Å². The first-order valence-electron chi connectivity index (χ1n) is 8.67. The summed E-state index contributed by atoms with van der Waals surface area (Å²) in [6.07, 6.45) is 4.01. The Hall–Kier alpha value is -1.64. The SMILES string of the molecule is CN(C)S(=O)(=O)c1ccc(N2CCCCC2)c(C(=O)NCCCN)c1. The van der Waals surface area contributed by atoms with E-state index in [1.165, 1.54) is 26.6 Å². The molecule has 1 heterocycles. The lowest BCUT2D eigenvalue weighted by atomic mass is 10.1. The van der Waals surface area contributed by atoms with Crippen LogP contribution in [0.15, 0.2) is 23.1 Å². The molecule has 0 atom stereocenters. The van der Waals surface area contributed by atoms with Crippen molar-refractivity contribution in [2.75, 3.05) is 45.2 Å². The van der Waals surface area contributed by atoms with Crippen molar-refractivity contribution in [3.63, 3.8) is 0 Å². The Morgan fingerprint density at radius 3 is 2.52 bits per heavy atom. The Morgan fingerprint density at radius 1 is 1.24 bits per heavy atom. The van der Waals surface area contributed by atoms with E-state index >= 15 is 0 Å². The van der Waals surface area contributed by atoms with E-state index in [0.717, 1.165) is 35.9 Å². The van der Waals surface area contributed by atoms with Gasteiger partial charge in [-0.05, 0) is 50.4 Å². The van der Waals surface area contributed by atoms with Crippen LogP contribution in [0.4, 0.5) is 5.69 Å². The first kappa shape index (κ1) is 19.7. The Bertz CT molecular complexity index is 698. The average molecular weight is 369 g/mol. The summed E-state index contributed by atoms with van der Waals surface area (Å²) in [5.41, 5.74) is 6.67. The van der Waals surface area contributed by atoms with Gasteiger partial charge in [-0.3, -0.25) is 4.79 Å². The second-order valence-electron chi connectivity index (χ2n) is 6.41. The predicted molar refractivity (Wildman–Crippen MR) is 99.4 cm³/mol. The molecule has 7 nitrogen and oxygen atoms in total. The lowest BCUT2D eigenvalue weighted by molar-refractivity contribution is 0.0953. The Balaban J connectivity index is 2.39. The summed E-state index contributed by atoms with van der Waals surface area (Å²) < 4.78 is 26.0. The standard InChI is InChI=1S/C17H28N4O3S/c1-20(2)25(23,24)14-7-8-16(21-11-4-3-5-12-21)15(13-14)17(22)19-10-6-9-18/h7-8,13H,3-6,9-12,18H2,1-2H3,(H,19,22). The molecule has 0 radical (unpaired) electrons. The van der Waals surface area contributed by atoms with Crippen molar-refractivity contribution < 1.29 is 13.2 Å². The minimum Gasteiger partial charge on any atom is -0.371 e. The quantitative estimate of drug-likeness (QED) is 0.700. The number of carbonyl (C=O) groups is 1. The topological polar surface area (TPSA) is 95.7 Å². The summed E-state index contributed by atoms with van der Waals surface area (Å²) in [7, 11) is -0.629. The lowest BCUT2D eigenvalue weighted by Gasteiger charge is -2.30. The zero-order valence-corrected chi connectivity index (χ0v) is 15.8. The molecule has 0 bridgehead atoms. The van der Waals surface area contributed by atoms with Gasteiger partial charge >= 0.3 is 0 Å². The van der Waals surface area contributed by atoms with Crippen LogP contribution in [-0.4, -0.2) is 58.9 Å². The number of anilines is 1. The fraction of sp³-hybridized carbons (Fsp3) is 0.588. The van der Waals surface area contributed by atoms with Gasteiger partial charge in [0.2, 0.25) is 10.0 Å². The summed E-state index contributed by atoms with van der Waals surface area (Å²) in [6, 6.07) is 4.81. The van der Waals surface area contributed by atoms with Crippen LogP contribution in [0.3, 0.4) is 0 Å². The van der Waals surface area contributed by atoms with Gasteiger partial charge in [0, 0.05) is 39.4 Å². The number of sulfonamides is 1. The van der Waals surface area contributed by atoms with Crippen LogP contribution >= 0.6 is 0 Å². The average Bonchev–Trinajstić information content (AvgIpc) is 2.62. The maximum absolute atomic E-state index is 12.6. The molecule has 0 spiro atoms. The number of piperidine rings is 1. The number of hydrogen-bond acceptors (Lipinski definition) is 5. The first-order valence-corrected chi connectivity index (χ1v) is 10.1. The molecule has 8 heteroatoms. The largest absolute Gasteiger partial charge is 0.371 e. The van der Waals surface area contributed by atoms with Gasteiger partial charge in [0.1, 0.15) is 0 Å². The van der Waals surface area contributed by atoms with Crippen molar-refractivity contribution >= 4 is 21.6 Å². The number of rotatable bonds is 7. The van der Waals surface area contributed by atoms with Gasteiger partial charge < -0.3 is 16.0 Å². The van der Waals surface area contributed by atoms with E-state index in [0.29, 0.717) is 25.1 Å². The minimum absolute atomic E-state index is 0.127. The fourth-order valence-corrected chi connectivity index (χ4v) is 3.81. The molecule has 0 unspecified atom stereocenters. The lowest BCUT2D eigenvalue weighted by Crippen LogP contribution is -2.33. The molecular formula is C17H28N4O3S. The number of hydrogen-bond donors (Lipinski definition) is 2. The van der Waals surface area contributed by atoms with Gasteiger partial charge in [0.05, 0.1) is 10.5 Å². The minimum atomic E-state index is -3.59. The van der Waals surface area contributed by atoms with Crippen LogP contribution in [0.2, 0.25) is 0 Å². The summed E-state index contributed by atoms with van der Waals surface area (Å²) in [6.45, 7) is 2.72. The smallest absolute Gasteiger partial charge is 0.253 e. The highest BCUT2D eigenvalue weighted by Crippen LogP contribution is 2.27. The van der Waals surface area contributed by atoms with Gasteiger partial charge in [0.25, 0.3) is 5.91 Å². The highest BCUT2D eigenvalue weighted by molar-refractivity contribution is 7.89. The zero-order chi connectivity index (χ0) is 18.4. The number of benzene rings is 1. The molecule has 1 aliphatic heterocycles. The summed E-state index contributed by atoms with van der Waals surface area (Å²) in [4.78, 5) is 14.9. The van der Waals surface area contributed by atoms with Crippen molar-refractivity contribution in [3.05, 3.63) is 23.8 Å². The predicted octanol–water partition coefficient (Wildman–Crippen LogP) is 1.01. The number of nitrogens with zero attached hydrogens (tertiary/aromatic N) is 2. The first-order chi connectivity index (χ1) is 11.9. The molecule has 3 N–H and O–H groups in total. The van der Waals surface area contributed by atoms with E-state index in [1.807, 2.05) is 0 Å². The summed E-state index contributed by atoms with van der Waals surface area (Å²) >= 11 is 0. The van der Waals surface area contributed by atoms with Crippen molar-refractivity contribution in [2.24, 2.45) is 5.73 Å². The van der Waals surface area contributed by atoms with E-state index in [-0.39, 0.29) is 10.8 Å². The van der Waals surface area contributed by atoms with Crippen molar-refractivity contribution in [2.45, 2.75) is 30.6 Å². The van der Waals surface area contributed by atoms with Crippen LogP contribution in [0, 0.1) is 0 Å². The highest BCUT2D eigenvalue weighted by Gasteiger charge is 2.23. The molecule has 1 amide bonds. The molecule has 1 fully saturated rings. The van der Waals surface area contributed by atoms with E-state index in [2.05, 4.69) is 10.2 Å². The van der Waals surface area contributed by atoms with Crippen LogP contribution in [0.25, 0.3) is 0 Å². The molecule has 25 heavy (non-hydrogen) atoms. The van der Waals surface area contributed by atoms with Crippen LogP contribution in [-0.2, 0) is 10.0 Å². The molecule has 1 aliphatic rings. The fourth-order valence-electron chi connectivity index (χ4n) is 2.88. The van der Waals surface area contributed by atoms with Gasteiger partial charge in [-0.15, -0.1) is 0 Å². The maximum Gasteiger partial charge on any atom is 0.253 e. The molecular weight excluding hydrogens is 340 g/mol. The van der Waals surface area contributed by atoms with E-state index in [4.69, 9.17) is 5.73 Å². The third-order valence-electron chi connectivity index (χ3n) is 4.35. The van der Waals surface area contributed by atoms with Crippen LogP contribution in [0.5, 0.6) is 0 Å². The van der Waals surface area contributed by atoms with Gasteiger partial charge in [-0.25, -0.2) is 12.7 Å². The molecule has 0 saturated carbocycles. The third kappa shape index (κ3) is 4.71. The number of nitrogens with two attached hydrogens (primary N) is 1. The maximum atomic E-state index is 12.6. The van der Waals surface area contributed by atoms with Crippen molar-refractivity contribution in [1.29, 1.82) is 0 Å². The van der Waals surface area contributed by atoms with Crippen molar-refractivity contribution in [3.8, 4) is 0 Å². The number of amides is 1. The van der Waals surface area contributed by atoms with E-state index in [9.17, 15) is 13.2 Å². The summed E-state index contributed by atoms with van der Waals surface area (Å²) in [5.74, 6) is -0.259. The normalized spacial score (nSPS) is 15.4. The monoisotopic (exact) mass is 368 g/mol. The molecule has 1 saturated heterocycles. The Morgan fingerprint density at radius 2 is 1.92 bits per heavy atom. The second-order valence-corrected chi connectivity index (χ2v) is 8.56. The number of carbonyl (C=O) groups excluding carboxylic acids is 1. The Labute approximate surface area is 150 Å². The molecule has 1 aromatic carbocycles. The van der Waals surface area contributed by atoms with Gasteiger partial charge in [-0.2, -0.15) is 0 Å². The van der Waals surface area contributed by atoms with Crippen molar-refractivity contribution in [1.82, 2.24) is 9.62 Å². The van der Waals surface area contributed by atoms with Gasteiger partial charge in [-0.1, -0.05) is 0 Å². The van der Waals surface area contributed by atoms with E-state index < -0.39 is 10.0 Å². The third-order valence-corrected chi connectivity index (χ3v) is 6.17. The zero-order valence-electron chi connectivity index (χ0n) is 15.0. The van der Waals surface area contributed by atoms with Crippen LogP contribution < -0.4 is 16.0 Å². The van der Waals surface area contributed by atoms with Crippen LogP contribution in [0.1, 0.15) is 36.0 Å². The second kappa shape index (κ2) is 8.64. The molecule has 1 aromatic rings. The molecule has 140 valence electrons. The highest BCUT2D eigenvalue weighted by atomic mass is 32.2.